The Labute approximate surface area is 388 Å². The SMILES string of the molecule is CCCCCCCCC/C=C/CC/C=C/C(O)C(COC1OC(CO)C(O)C(OS(=O)(=O)O)C1O)NC(=O)C(O)CCCCCCCC/C=C\C/C=C\CCCCCCCCCCC. The molecule has 8 unspecified atom stereocenters. The molecule has 1 rings (SSSR count). The fourth-order valence-electron chi connectivity index (χ4n) is 7.68. The Hall–Kier alpha value is -1.98. The van der Waals surface area contributed by atoms with Crippen molar-refractivity contribution in [1.29, 1.82) is 0 Å². The zero-order valence-corrected chi connectivity index (χ0v) is 40.5. The molecule has 64 heavy (non-hydrogen) atoms. The summed E-state index contributed by atoms with van der Waals surface area (Å²) in [4.78, 5) is 13.1. The molecule has 0 radical (unpaired) electrons. The number of aliphatic hydroxyl groups is 5. The molecule has 0 bridgehead atoms. The molecular weight excluding hydrogens is 839 g/mol. The summed E-state index contributed by atoms with van der Waals surface area (Å²) in [6, 6.07) is -1.14. The van der Waals surface area contributed by atoms with Crippen molar-refractivity contribution in [3.05, 3.63) is 48.6 Å². The number of nitrogens with one attached hydrogen (secondary N) is 1. The second kappa shape index (κ2) is 40.1. The lowest BCUT2D eigenvalue weighted by Gasteiger charge is -2.41. The lowest BCUT2D eigenvalue weighted by molar-refractivity contribution is -0.298. The number of hydrogen-bond acceptors (Lipinski definition) is 11. The standard InChI is InChI=1S/C50H91NO12S/c1-3-5-7-9-11-13-15-17-18-19-20-21-22-23-24-25-27-29-31-33-35-37-39-44(54)49(57)51-42(43(53)38-36-34-32-30-28-26-16-14-12-10-8-6-4-2)41-61-50-47(56)48(63-64(58,59)60)46(55)45(40-52)62-50/h20-21,23-24,28,30,36,38,42-48,50,52-56H,3-19,22,25-27,29,31-35,37,39-41H2,1-2H3,(H,51,57)(H,58,59,60)/b21-20-,24-23-,30-28+,38-36+. The number of hydrogen-bond donors (Lipinski definition) is 7. The molecule has 1 saturated heterocycles. The molecule has 13 nitrogen and oxygen atoms in total. The molecule has 0 spiro atoms. The van der Waals surface area contributed by atoms with Gasteiger partial charge in [-0.2, -0.15) is 8.42 Å². The van der Waals surface area contributed by atoms with Crippen molar-refractivity contribution in [1.82, 2.24) is 5.32 Å². The van der Waals surface area contributed by atoms with Gasteiger partial charge in [-0.25, -0.2) is 4.18 Å². The number of aliphatic hydroxyl groups excluding tert-OH is 5. The van der Waals surface area contributed by atoms with Crippen LogP contribution in [0.3, 0.4) is 0 Å². The Morgan fingerprint density at radius 1 is 0.641 bits per heavy atom. The van der Waals surface area contributed by atoms with Gasteiger partial charge in [0.15, 0.2) is 6.29 Å². The molecule has 1 fully saturated rings. The van der Waals surface area contributed by atoms with Crippen LogP contribution in [-0.4, -0.2) is 107 Å². The first-order valence-electron chi connectivity index (χ1n) is 25.1. The fraction of sp³-hybridized carbons (Fsp3) is 0.820. The molecule has 0 aromatic heterocycles. The van der Waals surface area contributed by atoms with Crippen LogP contribution in [-0.2, 0) is 28.9 Å². The minimum atomic E-state index is -5.13. The third-order valence-electron chi connectivity index (χ3n) is 11.7. The smallest absolute Gasteiger partial charge is 0.394 e. The van der Waals surface area contributed by atoms with Gasteiger partial charge in [0.05, 0.1) is 25.4 Å². The molecule has 1 heterocycles. The van der Waals surface area contributed by atoms with Crippen LogP contribution in [0.25, 0.3) is 0 Å². The summed E-state index contributed by atoms with van der Waals surface area (Å²) in [7, 11) is -5.13. The van der Waals surface area contributed by atoms with E-state index in [1.165, 1.54) is 109 Å². The van der Waals surface area contributed by atoms with Crippen LogP contribution in [0.5, 0.6) is 0 Å². The Morgan fingerprint density at radius 3 is 1.59 bits per heavy atom. The number of ether oxygens (including phenoxy) is 2. The van der Waals surface area contributed by atoms with Crippen molar-refractivity contribution < 1.29 is 57.0 Å². The van der Waals surface area contributed by atoms with Crippen LogP contribution in [0.15, 0.2) is 48.6 Å². The minimum absolute atomic E-state index is 0.223. The van der Waals surface area contributed by atoms with Gasteiger partial charge in [0, 0.05) is 0 Å². The molecule has 374 valence electrons. The van der Waals surface area contributed by atoms with Crippen LogP contribution >= 0.6 is 0 Å². The Balaban J connectivity index is 2.52. The molecule has 1 aliphatic rings. The van der Waals surface area contributed by atoms with Gasteiger partial charge < -0.3 is 40.3 Å². The van der Waals surface area contributed by atoms with Crippen molar-refractivity contribution in [2.45, 2.75) is 249 Å². The number of rotatable bonds is 42. The van der Waals surface area contributed by atoms with Gasteiger partial charge in [-0.05, 0) is 64.2 Å². The van der Waals surface area contributed by atoms with Crippen LogP contribution in [0, 0.1) is 0 Å². The van der Waals surface area contributed by atoms with Crippen molar-refractivity contribution in [3.63, 3.8) is 0 Å². The van der Waals surface area contributed by atoms with Gasteiger partial charge >= 0.3 is 10.4 Å². The summed E-state index contributed by atoms with van der Waals surface area (Å²) in [6.45, 7) is 3.18. The molecule has 8 atom stereocenters. The number of amides is 1. The van der Waals surface area contributed by atoms with Gasteiger partial charge in [-0.1, -0.05) is 184 Å². The number of carbonyl (C=O) groups is 1. The van der Waals surface area contributed by atoms with E-state index in [4.69, 9.17) is 9.47 Å². The summed E-state index contributed by atoms with van der Waals surface area (Å²) in [5, 5.41) is 55.2. The van der Waals surface area contributed by atoms with E-state index >= 15 is 0 Å². The predicted molar refractivity (Wildman–Crippen MR) is 256 cm³/mol. The topological polar surface area (TPSA) is 212 Å². The van der Waals surface area contributed by atoms with Crippen molar-refractivity contribution >= 4 is 16.3 Å². The van der Waals surface area contributed by atoms with Crippen LogP contribution in [0.2, 0.25) is 0 Å². The maximum absolute atomic E-state index is 13.1. The number of carbonyl (C=O) groups excluding carboxylic acids is 1. The highest BCUT2D eigenvalue weighted by molar-refractivity contribution is 7.80. The fourth-order valence-corrected chi connectivity index (χ4v) is 8.19. The highest BCUT2D eigenvalue weighted by atomic mass is 32.3. The number of allylic oxidation sites excluding steroid dienone is 7. The third-order valence-corrected chi connectivity index (χ3v) is 12.2. The van der Waals surface area contributed by atoms with Crippen molar-refractivity contribution in [2.24, 2.45) is 0 Å². The van der Waals surface area contributed by atoms with E-state index in [9.17, 15) is 43.3 Å². The van der Waals surface area contributed by atoms with Gasteiger partial charge in [0.2, 0.25) is 5.91 Å². The molecule has 0 aromatic carbocycles. The van der Waals surface area contributed by atoms with Crippen LogP contribution in [0.1, 0.15) is 200 Å². The number of unbranched alkanes of at least 4 members (excludes halogenated alkanes) is 23. The monoisotopic (exact) mass is 930 g/mol. The molecule has 1 amide bonds. The van der Waals surface area contributed by atoms with E-state index in [1.807, 2.05) is 0 Å². The summed E-state index contributed by atoms with van der Waals surface area (Å²) in [5.41, 5.74) is 0. The molecule has 7 N–H and O–H groups in total. The molecule has 0 aliphatic carbocycles. The molecule has 14 heteroatoms. The second-order valence-electron chi connectivity index (χ2n) is 17.5. The lowest BCUT2D eigenvalue weighted by atomic mass is 9.99. The molecule has 1 aliphatic heterocycles. The Kier molecular flexibility index (Phi) is 37.6. The predicted octanol–water partition coefficient (Wildman–Crippen LogP) is 9.41. The van der Waals surface area contributed by atoms with Gasteiger partial charge in [-0.3, -0.25) is 9.35 Å². The van der Waals surface area contributed by atoms with Crippen LogP contribution < -0.4 is 5.32 Å². The largest absolute Gasteiger partial charge is 0.397 e. The maximum Gasteiger partial charge on any atom is 0.397 e. The van der Waals surface area contributed by atoms with Gasteiger partial charge in [0.1, 0.15) is 30.5 Å². The first kappa shape index (κ1) is 60.0. The van der Waals surface area contributed by atoms with Crippen LogP contribution in [0.4, 0.5) is 0 Å². The molecular formula is C50H91NO12S. The van der Waals surface area contributed by atoms with E-state index in [0.29, 0.717) is 12.8 Å². The zero-order valence-electron chi connectivity index (χ0n) is 39.7. The average molecular weight is 930 g/mol. The quantitative estimate of drug-likeness (QED) is 0.0173. The minimum Gasteiger partial charge on any atom is -0.394 e. The summed E-state index contributed by atoms with van der Waals surface area (Å²) in [6.07, 6.45) is 37.7. The van der Waals surface area contributed by atoms with E-state index in [-0.39, 0.29) is 6.42 Å². The van der Waals surface area contributed by atoms with E-state index in [2.05, 4.69) is 59.8 Å². The van der Waals surface area contributed by atoms with E-state index < -0.39 is 78.5 Å². The first-order chi connectivity index (χ1) is 30.9. The summed E-state index contributed by atoms with van der Waals surface area (Å²) < 4.78 is 47.5. The molecule has 0 saturated carbocycles. The summed E-state index contributed by atoms with van der Waals surface area (Å²) in [5.74, 6) is -0.721. The average Bonchev–Trinajstić information content (AvgIpc) is 3.27. The Morgan fingerprint density at radius 2 is 1.09 bits per heavy atom. The second-order valence-corrected chi connectivity index (χ2v) is 18.6. The van der Waals surface area contributed by atoms with Gasteiger partial charge in [-0.15, -0.1) is 0 Å². The maximum atomic E-state index is 13.1. The molecule has 0 aromatic rings. The summed E-state index contributed by atoms with van der Waals surface area (Å²) >= 11 is 0. The highest BCUT2D eigenvalue weighted by Gasteiger charge is 2.48. The van der Waals surface area contributed by atoms with Crippen molar-refractivity contribution in [3.8, 4) is 0 Å². The highest BCUT2D eigenvalue weighted by Crippen LogP contribution is 2.26. The zero-order chi connectivity index (χ0) is 47.1. The van der Waals surface area contributed by atoms with E-state index in [0.717, 1.165) is 64.2 Å². The van der Waals surface area contributed by atoms with Crippen molar-refractivity contribution in [2.75, 3.05) is 13.2 Å². The third kappa shape index (κ3) is 31.9. The normalized spacial score (nSPS) is 21.2. The van der Waals surface area contributed by atoms with E-state index in [1.54, 1.807) is 6.08 Å². The first-order valence-corrected chi connectivity index (χ1v) is 26.5. The lowest BCUT2D eigenvalue weighted by Crippen LogP contribution is -2.61. The Bertz CT molecular complexity index is 1340. The van der Waals surface area contributed by atoms with Gasteiger partial charge in [0.25, 0.3) is 0 Å².